The number of carbonyl (C=O) groups is 1. The van der Waals surface area contributed by atoms with Crippen molar-refractivity contribution in [2.24, 2.45) is 0 Å². The second-order valence-corrected chi connectivity index (χ2v) is 4.72. The number of hydrogen-bond donors (Lipinski definition) is 1. The van der Waals surface area contributed by atoms with Crippen LogP contribution >= 0.6 is 0 Å². The minimum Gasteiger partial charge on any atom is -0.376 e. The number of amides is 1. The Morgan fingerprint density at radius 3 is 2.81 bits per heavy atom. The molecule has 1 heterocycles. The molecule has 4 nitrogen and oxygen atoms in total. The van der Waals surface area contributed by atoms with E-state index in [1.165, 1.54) is 12.8 Å². The number of likely N-dealkylation sites (N-methyl/N-ethyl adjacent to an activating group) is 1. The second-order valence-electron chi connectivity index (χ2n) is 4.72. The molecule has 1 N–H and O–H groups in total. The van der Waals surface area contributed by atoms with Gasteiger partial charge in [-0.1, -0.05) is 0 Å². The molecule has 0 aromatic carbocycles. The van der Waals surface area contributed by atoms with Crippen molar-refractivity contribution in [3.05, 3.63) is 0 Å². The molecule has 2 rings (SSSR count). The highest BCUT2D eigenvalue weighted by atomic mass is 16.5. The number of nitrogens with zero attached hydrogens (tertiary/aromatic N) is 1. The minimum atomic E-state index is 0.213. The Morgan fingerprint density at radius 2 is 2.25 bits per heavy atom. The quantitative estimate of drug-likeness (QED) is 0.727. The van der Waals surface area contributed by atoms with E-state index < -0.39 is 0 Å². The molecule has 0 spiro atoms. The lowest BCUT2D eigenvalue weighted by atomic mass is 10.2. The van der Waals surface area contributed by atoms with Gasteiger partial charge in [-0.25, -0.2) is 0 Å². The van der Waals surface area contributed by atoms with Crippen LogP contribution in [0.5, 0.6) is 0 Å². The van der Waals surface area contributed by atoms with Crippen molar-refractivity contribution in [2.45, 2.75) is 44.8 Å². The SMILES string of the molecule is CCN(CC1CCCO1)C(=O)CNC1CC1. The van der Waals surface area contributed by atoms with Crippen molar-refractivity contribution >= 4 is 5.91 Å². The zero-order valence-electron chi connectivity index (χ0n) is 10.1. The Morgan fingerprint density at radius 1 is 1.44 bits per heavy atom. The Bertz CT molecular complexity index is 235. The van der Waals surface area contributed by atoms with Gasteiger partial charge < -0.3 is 15.0 Å². The molecule has 0 bridgehead atoms. The molecule has 0 radical (unpaired) electrons. The second kappa shape index (κ2) is 5.64. The molecule has 92 valence electrons. The summed E-state index contributed by atoms with van der Waals surface area (Å²) in [5.74, 6) is 0.213. The standard InChI is InChI=1S/C12H22N2O2/c1-2-14(9-11-4-3-7-16-11)12(15)8-13-10-5-6-10/h10-11,13H,2-9H2,1H3. The van der Waals surface area contributed by atoms with Gasteiger partial charge in [0.15, 0.2) is 0 Å². The highest BCUT2D eigenvalue weighted by Crippen LogP contribution is 2.18. The zero-order valence-corrected chi connectivity index (χ0v) is 10.1. The topological polar surface area (TPSA) is 41.6 Å². The van der Waals surface area contributed by atoms with E-state index in [0.717, 1.165) is 32.5 Å². The summed E-state index contributed by atoms with van der Waals surface area (Å²) in [5, 5.41) is 3.26. The third kappa shape index (κ3) is 3.46. The number of ether oxygens (including phenoxy) is 1. The first-order valence-electron chi connectivity index (χ1n) is 6.42. The first kappa shape index (κ1) is 11.9. The summed E-state index contributed by atoms with van der Waals surface area (Å²) in [4.78, 5) is 13.8. The first-order valence-corrected chi connectivity index (χ1v) is 6.42. The van der Waals surface area contributed by atoms with Crippen LogP contribution in [0.1, 0.15) is 32.6 Å². The van der Waals surface area contributed by atoms with E-state index in [2.05, 4.69) is 5.32 Å². The van der Waals surface area contributed by atoms with Crippen LogP contribution in [0.15, 0.2) is 0 Å². The Hall–Kier alpha value is -0.610. The largest absolute Gasteiger partial charge is 0.376 e. The summed E-state index contributed by atoms with van der Waals surface area (Å²) >= 11 is 0. The van der Waals surface area contributed by atoms with Crippen LogP contribution < -0.4 is 5.32 Å². The number of rotatable bonds is 6. The normalized spacial score (nSPS) is 24.7. The summed E-state index contributed by atoms with van der Waals surface area (Å²) < 4.78 is 5.56. The third-order valence-electron chi connectivity index (χ3n) is 3.30. The fourth-order valence-corrected chi connectivity index (χ4v) is 2.07. The van der Waals surface area contributed by atoms with Gasteiger partial charge in [-0.2, -0.15) is 0 Å². The minimum absolute atomic E-state index is 0.213. The van der Waals surface area contributed by atoms with Crippen molar-refractivity contribution < 1.29 is 9.53 Å². The molecule has 16 heavy (non-hydrogen) atoms. The summed E-state index contributed by atoms with van der Waals surface area (Å²) in [6, 6.07) is 0.602. The molecule has 2 aliphatic rings. The van der Waals surface area contributed by atoms with E-state index in [9.17, 15) is 4.79 Å². The number of hydrogen-bond acceptors (Lipinski definition) is 3. The van der Waals surface area contributed by atoms with E-state index in [1.54, 1.807) is 0 Å². The molecule has 4 heteroatoms. The number of nitrogens with one attached hydrogen (secondary N) is 1. The van der Waals surface area contributed by atoms with Crippen LogP contribution in [0.2, 0.25) is 0 Å². The van der Waals surface area contributed by atoms with Crippen LogP contribution in [0, 0.1) is 0 Å². The summed E-state index contributed by atoms with van der Waals surface area (Å²) in [7, 11) is 0. The van der Waals surface area contributed by atoms with Crippen molar-refractivity contribution in [2.75, 3.05) is 26.2 Å². The van der Waals surface area contributed by atoms with Crippen LogP contribution in [0.4, 0.5) is 0 Å². The van der Waals surface area contributed by atoms with Crippen molar-refractivity contribution in [3.8, 4) is 0 Å². The molecule has 1 saturated carbocycles. The van der Waals surface area contributed by atoms with Gasteiger partial charge in [0.1, 0.15) is 0 Å². The highest BCUT2D eigenvalue weighted by molar-refractivity contribution is 5.78. The lowest BCUT2D eigenvalue weighted by Gasteiger charge is -2.24. The van der Waals surface area contributed by atoms with Gasteiger partial charge in [0.25, 0.3) is 0 Å². The molecule has 0 aromatic rings. The molecule has 1 unspecified atom stereocenters. The van der Waals surface area contributed by atoms with E-state index in [1.807, 2.05) is 11.8 Å². The van der Waals surface area contributed by atoms with E-state index in [-0.39, 0.29) is 12.0 Å². The van der Waals surface area contributed by atoms with Crippen LogP contribution in [-0.4, -0.2) is 49.2 Å². The smallest absolute Gasteiger partial charge is 0.236 e. The lowest BCUT2D eigenvalue weighted by molar-refractivity contribution is -0.131. The molecular formula is C12H22N2O2. The number of carbonyl (C=O) groups excluding carboxylic acids is 1. The summed E-state index contributed by atoms with van der Waals surface area (Å²) in [6.45, 7) is 4.93. The molecule has 1 amide bonds. The Labute approximate surface area is 97.3 Å². The van der Waals surface area contributed by atoms with Gasteiger partial charge in [0.2, 0.25) is 5.91 Å². The molecule has 1 saturated heterocycles. The highest BCUT2D eigenvalue weighted by Gasteiger charge is 2.24. The average molecular weight is 226 g/mol. The predicted octanol–water partition coefficient (Wildman–Crippen LogP) is 0.766. The molecule has 2 fully saturated rings. The fraction of sp³-hybridized carbons (Fsp3) is 0.917. The van der Waals surface area contributed by atoms with Gasteiger partial charge in [0, 0.05) is 25.7 Å². The van der Waals surface area contributed by atoms with E-state index in [4.69, 9.17) is 4.74 Å². The van der Waals surface area contributed by atoms with Gasteiger partial charge in [-0.15, -0.1) is 0 Å². The zero-order chi connectivity index (χ0) is 11.4. The summed E-state index contributed by atoms with van der Waals surface area (Å²) in [6.07, 6.45) is 4.96. The summed E-state index contributed by atoms with van der Waals surface area (Å²) in [5.41, 5.74) is 0. The van der Waals surface area contributed by atoms with Crippen molar-refractivity contribution in [3.63, 3.8) is 0 Å². The van der Waals surface area contributed by atoms with Gasteiger partial charge in [-0.05, 0) is 32.6 Å². The predicted molar refractivity (Wildman–Crippen MR) is 62.3 cm³/mol. The maximum atomic E-state index is 11.9. The molecule has 1 aliphatic carbocycles. The molecular weight excluding hydrogens is 204 g/mol. The van der Waals surface area contributed by atoms with Gasteiger partial charge >= 0.3 is 0 Å². The van der Waals surface area contributed by atoms with Crippen molar-refractivity contribution in [1.29, 1.82) is 0 Å². The van der Waals surface area contributed by atoms with Crippen LogP contribution in [0.25, 0.3) is 0 Å². The van der Waals surface area contributed by atoms with Crippen molar-refractivity contribution in [1.82, 2.24) is 10.2 Å². The Balaban J connectivity index is 1.70. The first-order chi connectivity index (χ1) is 7.79. The van der Waals surface area contributed by atoms with Crippen LogP contribution in [0.3, 0.4) is 0 Å². The van der Waals surface area contributed by atoms with Gasteiger partial charge in [-0.3, -0.25) is 4.79 Å². The van der Waals surface area contributed by atoms with Gasteiger partial charge in [0.05, 0.1) is 12.6 Å². The third-order valence-corrected chi connectivity index (χ3v) is 3.30. The molecule has 1 atom stereocenters. The molecule has 0 aromatic heterocycles. The fourth-order valence-electron chi connectivity index (χ4n) is 2.07. The molecule has 1 aliphatic heterocycles. The lowest BCUT2D eigenvalue weighted by Crippen LogP contribution is -2.42. The maximum absolute atomic E-state index is 11.9. The van der Waals surface area contributed by atoms with Crippen LogP contribution in [-0.2, 0) is 9.53 Å². The monoisotopic (exact) mass is 226 g/mol. The maximum Gasteiger partial charge on any atom is 0.236 e. The van der Waals surface area contributed by atoms with E-state index >= 15 is 0 Å². The average Bonchev–Trinajstić information content (AvgIpc) is 2.99. The Kier molecular flexibility index (Phi) is 4.18. The van der Waals surface area contributed by atoms with E-state index in [0.29, 0.717) is 12.6 Å².